The van der Waals surface area contributed by atoms with E-state index in [9.17, 15) is 13.2 Å². The lowest BCUT2D eigenvalue weighted by atomic mass is 10.2. The van der Waals surface area contributed by atoms with Crippen molar-refractivity contribution in [2.24, 2.45) is 0 Å². The second kappa shape index (κ2) is 5.76. The van der Waals surface area contributed by atoms with E-state index in [-0.39, 0.29) is 22.8 Å². The average Bonchev–Trinajstić information content (AvgIpc) is 2.28. The number of carboxylic acids is 1. The second-order valence-electron chi connectivity index (χ2n) is 3.12. The minimum atomic E-state index is -3.98. The monoisotopic (exact) mass is 288 g/mol. The second-order valence-corrected chi connectivity index (χ2v) is 5.68. The fourth-order valence-electron chi connectivity index (χ4n) is 1.14. The number of hydrogen-bond donors (Lipinski definition) is 1. The van der Waals surface area contributed by atoms with Crippen LogP contribution in [0.5, 0.6) is 5.75 Å². The van der Waals surface area contributed by atoms with E-state index in [0.29, 0.717) is 0 Å². The van der Waals surface area contributed by atoms with Crippen LogP contribution in [0.1, 0.15) is 17.3 Å². The Morgan fingerprint density at radius 2 is 2.17 bits per heavy atom. The van der Waals surface area contributed by atoms with Gasteiger partial charge in [-0.2, -0.15) is 0 Å². The van der Waals surface area contributed by atoms with Gasteiger partial charge in [0.25, 0.3) is 9.05 Å². The van der Waals surface area contributed by atoms with Crippen molar-refractivity contribution >= 4 is 25.7 Å². The molecule has 0 heterocycles. The summed E-state index contributed by atoms with van der Waals surface area (Å²) in [6.45, 7) is 1.63. The molecule has 1 aromatic rings. The van der Waals surface area contributed by atoms with Crippen LogP contribution in [0, 0.1) is 11.8 Å². The van der Waals surface area contributed by atoms with Crippen LogP contribution < -0.4 is 4.74 Å². The highest BCUT2D eigenvalue weighted by molar-refractivity contribution is 8.13. The first-order valence-electron chi connectivity index (χ1n) is 4.70. The SMILES string of the molecule is CC#CCOc1ccc(S(=O)(=O)Cl)cc1C(=O)O. The van der Waals surface area contributed by atoms with Crippen molar-refractivity contribution in [3.63, 3.8) is 0 Å². The Hall–Kier alpha value is -1.71. The molecule has 0 fully saturated rings. The van der Waals surface area contributed by atoms with Crippen molar-refractivity contribution in [3.05, 3.63) is 23.8 Å². The lowest BCUT2D eigenvalue weighted by Gasteiger charge is -2.07. The number of hydrogen-bond acceptors (Lipinski definition) is 4. The van der Waals surface area contributed by atoms with Gasteiger partial charge in [0.05, 0.1) is 4.90 Å². The molecule has 1 aromatic carbocycles. The van der Waals surface area contributed by atoms with Crippen LogP contribution >= 0.6 is 10.7 Å². The zero-order valence-corrected chi connectivity index (χ0v) is 10.9. The molecule has 18 heavy (non-hydrogen) atoms. The predicted octanol–water partition coefficient (Wildman–Crippen LogP) is 1.71. The van der Waals surface area contributed by atoms with Crippen molar-refractivity contribution < 1.29 is 23.1 Å². The number of aromatic carboxylic acids is 1. The van der Waals surface area contributed by atoms with Gasteiger partial charge in [0.2, 0.25) is 0 Å². The predicted molar refractivity (Wildman–Crippen MR) is 65.4 cm³/mol. The zero-order valence-electron chi connectivity index (χ0n) is 9.31. The fraction of sp³-hybridized carbons (Fsp3) is 0.182. The molecule has 0 aliphatic rings. The number of ether oxygens (including phenoxy) is 1. The van der Waals surface area contributed by atoms with Gasteiger partial charge in [-0.15, -0.1) is 5.92 Å². The number of rotatable bonds is 4. The van der Waals surface area contributed by atoms with Crippen LogP contribution in [0.3, 0.4) is 0 Å². The highest BCUT2D eigenvalue weighted by Crippen LogP contribution is 2.24. The molecule has 7 heteroatoms. The van der Waals surface area contributed by atoms with E-state index >= 15 is 0 Å². The molecular weight excluding hydrogens is 280 g/mol. The van der Waals surface area contributed by atoms with E-state index in [1.54, 1.807) is 6.92 Å². The van der Waals surface area contributed by atoms with Gasteiger partial charge in [-0.1, -0.05) is 5.92 Å². The summed E-state index contributed by atoms with van der Waals surface area (Å²) in [5.41, 5.74) is -0.283. The Labute approximate surface area is 109 Å². The van der Waals surface area contributed by atoms with Gasteiger partial charge in [0.15, 0.2) is 0 Å². The van der Waals surface area contributed by atoms with E-state index in [0.717, 1.165) is 6.07 Å². The number of benzene rings is 1. The zero-order chi connectivity index (χ0) is 13.8. The normalized spacial score (nSPS) is 10.3. The summed E-state index contributed by atoms with van der Waals surface area (Å²) >= 11 is 0. The summed E-state index contributed by atoms with van der Waals surface area (Å²) in [7, 11) is 1.16. The molecule has 1 N–H and O–H groups in total. The van der Waals surface area contributed by atoms with E-state index in [2.05, 4.69) is 11.8 Å². The molecule has 0 aliphatic heterocycles. The molecule has 96 valence electrons. The summed E-state index contributed by atoms with van der Waals surface area (Å²) in [4.78, 5) is 10.7. The van der Waals surface area contributed by atoms with Gasteiger partial charge < -0.3 is 9.84 Å². The first-order chi connectivity index (χ1) is 8.36. The van der Waals surface area contributed by atoms with Crippen molar-refractivity contribution in [1.82, 2.24) is 0 Å². The van der Waals surface area contributed by atoms with Crippen LogP contribution in [0.2, 0.25) is 0 Å². The third kappa shape index (κ3) is 3.65. The highest BCUT2D eigenvalue weighted by Gasteiger charge is 2.17. The van der Waals surface area contributed by atoms with Gasteiger partial charge in [0, 0.05) is 10.7 Å². The number of carbonyl (C=O) groups is 1. The standard InChI is InChI=1S/C11H9ClO5S/c1-2-3-6-17-10-5-4-8(18(12,15)16)7-9(10)11(13)14/h4-5,7H,6H2,1H3,(H,13,14). The molecule has 0 spiro atoms. The van der Waals surface area contributed by atoms with E-state index in [1.165, 1.54) is 12.1 Å². The first kappa shape index (κ1) is 14.4. The van der Waals surface area contributed by atoms with Gasteiger partial charge in [-0.25, -0.2) is 13.2 Å². The van der Waals surface area contributed by atoms with Gasteiger partial charge in [-0.05, 0) is 25.1 Å². The van der Waals surface area contributed by atoms with Gasteiger partial charge >= 0.3 is 5.97 Å². The lowest BCUT2D eigenvalue weighted by Crippen LogP contribution is -2.05. The molecule has 0 bridgehead atoms. The number of halogens is 1. The molecule has 1 rings (SSSR count). The van der Waals surface area contributed by atoms with Crippen LogP contribution in [-0.2, 0) is 9.05 Å². The molecule has 0 amide bonds. The molecule has 0 unspecified atom stereocenters. The van der Waals surface area contributed by atoms with Crippen LogP contribution in [0.25, 0.3) is 0 Å². The maximum atomic E-state index is 11.1. The van der Waals surface area contributed by atoms with Crippen molar-refractivity contribution in [2.45, 2.75) is 11.8 Å². The van der Waals surface area contributed by atoms with Crippen LogP contribution in [-0.4, -0.2) is 26.1 Å². The van der Waals surface area contributed by atoms with E-state index in [4.69, 9.17) is 20.5 Å². The first-order valence-corrected chi connectivity index (χ1v) is 7.01. The Morgan fingerprint density at radius 1 is 1.50 bits per heavy atom. The maximum absolute atomic E-state index is 11.1. The lowest BCUT2D eigenvalue weighted by molar-refractivity contribution is 0.0692. The minimum absolute atomic E-state index is 0.0176. The minimum Gasteiger partial charge on any atom is -0.480 e. The topological polar surface area (TPSA) is 80.7 Å². The summed E-state index contributed by atoms with van der Waals surface area (Å²) < 4.78 is 27.3. The molecular formula is C11H9ClO5S. The van der Waals surface area contributed by atoms with E-state index in [1.807, 2.05) is 0 Å². The summed E-state index contributed by atoms with van der Waals surface area (Å²) in [6.07, 6.45) is 0. The maximum Gasteiger partial charge on any atom is 0.339 e. The Balaban J connectivity index is 3.19. The van der Waals surface area contributed by atoms with Crippen molar-refractivity contribution in [1.29, 1.82) is 0 Å². The molecule has 0 aliphatic carbocycles. The summed E-state index contributed by atoms with van der Waals surface area (Å²) in [5.74, 6) is 3.91. The van der Waals surface area contributed by atoms with Crippen LogP contribution in [0.15, 0.2) is 23.1 Å². The van der Waals surface area contributed by atoms with Crippen LogP contribution in [0.4, 0.5) is 0 Å². The Kier molecular flexibility index (Phi) is 4.59. The highest BCUT2D eigenvalue weighted by atomic mass is 35.7. The van der Waals surface area contributed by atoms with E-state index < -0.39 is 15.0 Å². The largest absolute Gasteiger partial charge is 0.480 e. The quantitative estimate of drug-likeness (QED) is 0.674. The smallest absolute Gasteiger partial charge is 0.339 e. The molecule has 5 nitrogen and oxygen atoms in total. The van der Waals surface area contributed by atoms with Crippen molar-refractivity contribution in [3.8, 4) is 17.6 Å². The molecule has 0 saturated heterocycles. The molecule has 0 saturated carbocycles. The Bertz CT molecular complexity index is 625. The van der Waals surface area contributed by atoms with Gasteiger partial charge in [0.1, 0.15) is 17.9 Å². The molecule has 0 radical (unpaired) electrons. The summed E-state index contributed by atoms with van der Waals surface area (Å²) in [6, 6.07) is 3.35. The third-order valence-electron chi connectivity index (χ3n) is 1.94. The Morgan fingerprint density at radius 3 is 2.67 bits per heavy atom. The summed E-state index contributed by atoms with van der Waals surface area (Å²) in [5, 5.41) is 8.96. The van der Waals surface area contributed by atoms with Gasteiger partial charge in [-0.3, -0.25) is 0 Å². The molecule has 0 atom stereocenters. The fourth-order valence-corrected chi connectivity index (χ4v) is 1.92. The average molecular weight is 289 g/mol. The third-order valence-corrected chi connectivity index (χ3v) is 3.29. The number of carboxylic acid groups (broad SMARTS) is 1. The van der Waals surface area contributed by atoms with Crippen molar-refractivity contribution in [2.75, 3.05) is 6.61 Å². The molecule has 0 aromatic heterocycles.